The summed E-state index contributed by atoms with van der Waals surface area (Å²) < 4.78 is 37.1. The lowest BCUT2D eigenvalue weighted by Gasteiger charge is -2.12. The van der Waals surface area contributed by atoms with E-state index in [9.17, 15) is 13.2 Å². The molecular formula is C16H17NO6S. The number of benzene rings is 2. The van der Waals surface area contributed by atoms with Crippen molar-refractivity contribution in [3.05, 3.63) is 48.5 Å². The Labute approximate surface area is 139 Å². The van der Waals surface area contributed by atoms with E-state index in [4.69, 9.17) is 14.6 Å². The lowest BCUT2D eigenvalue weighted by Crippen LogP contribution is -2.38. The van der Waals surface area contributed by atoms with Crippen LogP contribution in [-0.2, 0) is 14.8 Å². The van der Waals surface area contributed by atoms with Crippen LogP contribution in [0.25, 0.3) is 0 Å². The minimum absolute atomic E-state index is 0.0528. The van der Waals surface area contributed by atoms with E-state index in [1.807, 2.05) is 0 Å². The number of ether oxygens (including phenoxy) is 2. The maximum atomic E-state index is 12.1. The van der Waals surface area contributed by atoms with Gasteiger partial charge in [-0.05, 0) is 43.3 Å². The molecule has 8 heteroatoms. The highest BCUT2D eigenvalue weighted by molar-refractivity contribution is 7.89. The Balaban J connectivity index is 2.17. The molecule has 0 amide bonds. The third kappa shape index (κ3) is 4.24. The quantitative estimate of drug-likeness (QED) is 0.793. The molecule has 0 aliphatic rings. The zero-order chi connectivity index (χ0) is 17.7. The standard InChI is InChI=1S/C16H17NO6S/c1-11(16(18)19)17-24(20,21)13-9-7-12(8-10-13)23-15-6-4-3-5-14(15)22-2/h3-11,17H,1-2H3,(H,18,19). The average molecular weight is 351 g/mol. The number of carboxylic acid groups (broad SMARTS) is 1. The van der Waals surface area contributed by atoms with Crippen molar-refractivity contribution in [1.82, 2.24) is 4.72 Å². The molecule has 2 N–H and O–H groups in total. The zero-order valence-corrected chi connectivity index (χ0v) is 13.9. The number of hydrogen-bond donors (Lipinski definition) is 2. The van der Waals surface area contributed by atoms with Gasteiger partial charge in [-0.25, -0.2) is 8.42 Å². The van der Waals surface area contributed by atoms with Crippen LogP contribution in [-0.4, -0.2) is 32.6 Å². The van der Waals surface area contributed by atoms with Crippen molar-refractivity contribution in [2.75, 3.05) is 7.11 Å². The van der Waals surface area contributed by atoms with Gasteiger partial charge in [0.25, 0.3) is 0 Å². The molecule has 7 nitrogen and oxygen atoms in total. The van der Waals surface area contributed by atoms with Crippen LogP contribution in [0, 0.1) is 0 Å². The lowest BCUT2D eigenvalue weighted by molar-refractivity contribution is -0.138. The molecule has 0 aromatic heterocycles. The second-order valence-corrected chi connectivity index (χ2v) is 6.62. The van der Waals surface area contributed by atoms with E-state index in [-0.39, 0.29) is 4.90 Å². The minimum Gasteiger partial charge on any atom is -0.493 e. The third-order valence-corrected chi connectivity index (χ3v) is 4.69. The molecule has 24 heavy (non-hydrogen) atoms. The molecule has 0 saturated carbocycles. The monoisotopic (exact) mass is 351 g/mol. The van der Waals surface area contributed by atoms with Gasteiger partial charge in [-0.3, -0.25) is 4.79 Å². The van der Waals surface area contributed by atoms with E-state index in [1.165, 1.54) is 38.3 Å². The second kappa shape index (κ2) is 7.33. The number of para-hydroxylation sites is 2. The van der Waals surface area contributed by atoms with E-state index in [0.717, 1.165) is 0 Å². The van der Waals surface area contributed by atoms with Gasteiger partial charge in [-0.1, -0.05) is 12.1 Å². The van der Waals surface area contributed by atoms with E-state index in [1.54, 1.807) is 24.3 Å². The van der Waals surface area contributed by atoms with Crippen LogP contribution in [0.3, 0.4) is 0 Å². The normalized spacial score (nSPS) is 12.4. The van der Waals surface area contributed by atoms with Crippen molar-refractivity contribution in [3.8, 4) is 17.2 Å². The van der Waals surface area contributed by atoms with Crippen LogP contribution in [0.1, 0.15) is 6.92 Å². The third-order valence-electron chi connectivity index (χ3n) is 3.13. The van der Waals surface area contributed by atoms with Gasteiger partial charge in [0.2, 0.25) is 10.0 Å². The van der Waals surface area contributed by atoms with Crippen molar-refractivity contribution in [1.29, 1.82) is 0 Å². The number of nitrogens with one attached hydrogen (secondary N) is 1. The molecule has 0 bridgehead atoms. The van der Waals surface area contributed by atoms with Gasteiger partial charge in [0.1, 0.15) is 11.8 Å². The fourth-order valence-corrected chi connectivity index (χ4v) is 3.06. The number of aliphatic carboxylic acids is 1. The predicted molar refractivity (Wildman–Crippen MR) is 86.9 cm³/mol. The first kappa shape index (κ1) is 17.8. The number of hydrogen-bond acceptors (Lipinski definition) is 5. The topological polar surface area (TPSA) is 102 Å². The molecule has 1 unspecified atom stereocenters. The minimum atomic E-state index is -3.92. The summed E-state index contributed by atoms with van der Waals surface area (Å²) in [4.78, 5) is 10.7. The summed E-state index contributed by atoms with van der Waals surface area (Å²) in [6.07, 6.45) is 0. The highest BCUT2D eigenvalue weighted by Crippen LogP contribution is 2.31. The van der Waals surface area contributed by atoms with E-state index < -0.39 is 22.0 Å². The summed E-state index contributed by atoms with van der Waals surface area (Å²) >= 11 is 0. The highest BCUT2D eigenvalue weighted by atomic mass is 32.2. The Bertz CT molecular complexity index is 817. The van der Waals surface area contributed by atoms with Crippen LogP contribution in [0.2, 0.25) is 0 Å². The average Bonchev–Trinajstić information content (AvgIpc) is 2.55. The summed E-state index contributed by atoms with van der Waals surface area (Å²) in [5.41, 5.74) is 0. The molecule has 0 saturated heterocycles. The maximum Gasteiger partial charge on any atom is 0.321 e. The number of rotatable bonds is 7. The van der Waals surface area contributed by atoms with Crippen LogP contribution in [0.15, 0.2) is 53.4 Å². The number of sulfonamides is 1. The molecule has 0 fully saturated rings. The van der Waals surface area contributed by atoms with Crippen molar-refractivity contribution in [2.45, 2.75) is 17.9 Å². The molecule has 0 radical (unpaired) electrons. The van der Waals surface area contributed by atoms with Gasteiger partial charge >= 0.3 is 5.97 Å². The van der Waals surface area contributed by atoms with Crippen LogP contribution >= 0.6 is 0 Å². The molecule has 0 aliphatic heterocycles. The molecule has 0 heterocycles. The van der Waals surface area contributed by atoms with Crippen molar-refractivity contribution in [2.24, 2.45) is 0 Å². The van der Waals surface area contributed by atoms with Crippen LogP contribution in [0.4, 0.5) is 0 Å². The Morgan fingerprint density at radius 1 is 1.08 bits per heavy atom. The predicted octanol–water partition coefficient (Wildman–Crippen LogP) is 2.24. The molecule has 1 atom stereocenters. The summed E-state index contributed by atoms with van der Waals surface area (Å²) in [6.45, 7) is 1.25. The SMILES string of the molecule is COc1ccccc1Oc1ccc(S(=O)(=O)NC(C)C(=O)O)cc1. The summed E-state index contributed by atoms with van der Waals surface area (Å²) in [5, 5.41) is 8.79. The second-order valence-electron chi connectivity index (χ2n) is 4.91. The zero-order valence-electron chi connectivity index (χ0n) is 13.1. The lowest BCUT2D eigenvalue weighted by atomic mass is 10.3. The molecular weight excluding hydrogens is 334 g/mol. The highest BCUT2D eigenvalue weighted by Gasteiger charge is 2.21. The van der Waals surface area contributed by atoms with Crippen molar-refractivity contribution < 1.29 is 27.8 Å². The number of carbonyl (C=O) groups is 1. The Hall–Kier alpha value is -2.58. The largest absolute Gasteiger partial charge is 0.493 e. The summed E-state index contributed by atoms with van der Waals surface area (Å²) in [7, 11) is -2.40. The van der Waals surface area contributed by atoms with Gasteiger partial charge < -0.3 is 14.6 Å². The van der Waals surface area contributed by atoms with E-state index in [2.05, 4.69) is 4.72 Å². The van der Waals surface area contributed by atoms with Crippen LogP contribution in [0.5, 0.6) is 17.2 Å². The first-order chi connectivity index (χ1) is 11.3. The maximum absolute atomic E-state index is 12.1. The molecule has 2 aromatic rings. The molecule has 2 rings (SSSR count). The smallest absolute Gasteiger partial charge is 0.321 e. The summed E-state index contributed by atoms with van der Waals surface area (Å²) in [5.74, 6) is 0.207. The first-order valence-corrected chi connectivity index (χ1v) is 8.48. The molecule has 128 valence electrons. The van der Waals surface area contributed by atoms with Gasteiger partial charge in [-0.2, -0.15) is 4.72 Å². The number of carboxylic acids is 1. The van der Waals surface area contributed by atoms with Gasteiger partial charge in [0.15, 0.2) is 11.5 Å². The fraction of sp³-hybridized carbons (Fsp3) is 0.188. The number of methoxy groups -OCH3 is 1. The molecule has 2 aromatic carbocycles. The first-order valence-electron chi connectivity index (χ1n) is 6.99. The van der Waals surface area contributed by atoms with E-state index >= 15 is 0 Å². The van der Waals surface area contributed by atoms with Gasteiger partial charge in [0.05, 0.1) is 12.0 Å². The summed E-state index contributed by atoms with van der Waals surface area (Å²) in [6, 6.07) is 11.5. The van der Waals surface area contributed by atoms with Gasteiger partial charge in [0, 0.05) is 0 Å². The Morgan fingerprint density at radius 2 is 1.67 bits per heavy atom. The van der Waals surface area contributed by atoms with Gasteiger partial charge in [-0.15, -0.1) is 0 Å². The van der Waals surface area contributed by atoms with Crippen molar-refractivity contribution >= 4 is 16.0 Å². The molecule has 0 spiro atoms. The fourth-order valence-electron chi connectivity index (χ4n) is 1.87. The Morgan fingerprint density at radius 3 is 2.21 bits per heavy atom. The van der Waals surface area contributed by atoms with E-state index in [0.29, 0.717) is 17.2 Å². The Kier molecular flexibility index (Phi) is 5.42. The van der Waals surface area contributed by atoms with Crippen molar-refractivity contribution in [3.63, 3.8) is 0 Å². The van der Waals surface area contributed by atoms with Crippen LogP contribution < -0.4 is 14.2 Å². The molecule has 0 aliphatic carbocycles.